The molecule has 102 valence electrons. The standard InChI is InChI=1S/C12H7Br2ClF2OS/c13-6-1-2-8(16)5(11(6)17)3-9(18)10-4-7(14)12(15)19-10/h1-2,4,9,18H,3H2. The Hall–Kier alpha value is -0.0100. The first-order valence-corrected chi connectivity index (χ1v) is 7.93. The van der Waals surface area contributed by atoms with Crippen LogP contribution in [-0.2, 0) is 6.42 Å². The minimum atomic E-state index is -1.01. The first-order chi connectivity index (χ1) is 8.90. The summed E-state index contributed by atoms with van der Waals surface area (Å²) in [4.78, 5) is 0.552. The normalized spacial score (nSPS) is 12.7. The molecule has 2 rings (SSSR count). The number of rotatable bonds is 3. The minimum absolute atomic E-state index is 0.150. The van der Waals surface area contributed by atoms with Crippen LogP contribution in [0.25, 0.3) is 0 Å². The van der Waals surface area contributed by atoms with Gasteiger partial charge >= 0.3 is 0 Å². The quantitative estimate of drug-likeness (QED) is 0.637. The second-order valence-corrected chi connectivity index (χ2v) is 7.21. The maximum absolute atomic E-state index is 13.8. The van der Waals surface area contributed by atoms with Gasteiger partial charge in [-0.15, -0.1) is 11.3 Å². The van der Waals surface area contributed by atoms with Crippen LogP contribution in [0, 0.1) is 11.6 Å². The zero-order chi connectivity index (χ0) is 14.2. The van der Waals surface area contributed by atoms with Gasteiger partial charge in [-0.1, -0.05) is 11.6 Å². The molecule has 0 aliphatic rings. The number of benzene rings is 1. The van der Waals surface area contributed by atoms with E-state index in [2.05, 4.69) is 31.9 Å². The molecular formula is C12H7Br2ClF2OS. The van der Waals surface area contributed by atoms with E-state index in [1.165, 1.54) is 17.4 Å². The van der Waals surface area contributed by atoms with Gasteiger partial charge in [0.25, 0.3) is 0 Å². The molecule has 0 amide bonds. The molecule has 1 aromatic heterocycles. The van der Waals surface area contributed by atoms with E-state index in [1.807, 2.05) is 0 Å². The Bertz CT molecular complexity index is 599. The number of hydrogen-bond acceptors (Lipinski definition) is 2. The van der Waals surface area contributed by atoms with E-state index in [-0.39, 0.29) is 16.5 Å². The summed E-state index contributed by atoms with van der Waals surface area (Å²) in [7, 11) is 0. The molecule has 0 aliphatic carbocycles. The molecule has 0 radical (unpaired) electrons. The lowest BCUT2D eigenvalue weighted by Gasteiger charge is -2.11. The van der Waals surface area contributed by atoms with Gasteiger partial charge in [0.1, 0.15) is 16.0 Å². The van der Waals surface area contributed by atoms with Crippen molar-refractivity contribution in [2.45, 2.75) is 12.5 Å². The third kappa shape index (κ3) is 3.36. The molecule has 0 bridgehead atoms. The van der Waals surface area contributed by atoms with Crippen LogP contribution in [0.1, 0.15) is 16.5 Å². The topological polar surface area (TPSA) is 20.2 Å². The number of hydrogen-bond donors (Lipinski definition) is 1. The van der Waals surface area contributed by atoms with Gasteiger partial charge in [0.15, 0.2) is 0 Å². The summed E-state index contributed by atoms with van der Waals surface area (Å²) in [5.41, 5.74) is -0.150. The second kappa shape index (κ2) is 6.18. The van der Waals surface area contributed by atoms with Crippen LogP contribution < -0.4 is 0 Å². The fourth-order valence-corrected chi connectivity index (χ4v) is 3.67. The molecule has 0 fully saturated rings. The Morgan fingerprint density at radius 1 is 1.26 bits per heavy atom. The average Bonchev–Trinajstić information content (AvgIpc) is 2.70. The maximum Gasteiger partial charge on any atom is 0.143 e. The van der Waals surface area contributed by atoms with Crippen molar-refractivity contribution in [3.8, 4) is 0 Å². The van der Waals surface area contributed by atoms with Crippen LogP contribution in [0.2, 0.25) is 4.34 Å². The van der Waals surface area contributed by atoms with Crippen LogP contribution in [0.15, 0.2) is 27.1 Å². The van der Waals surface area contributed by atoms with Crippen molar-refractivity contribution in [1.82, 2.24) is 0 Å². The summed E-state index contributed by atoms with van der Waals surface area (Å²) >= 11 is 13.3. The van der Waals surface area contributed by atoms with Crippen LogP contribution in [0.5, 0.6) is 0 Å². The van der Waals surface area contributed by atoms with Crippen molar-refractivity contribution < 1.29 is 13.9 Å². The predicted octanol–water partition coefficient (Wildman–Crippen LogP) is 5.48. The third-order valence-electron chi connectivity index (χ3n) is 2.53. The highest BCUT2D eigenvalue weighted by atomic mass is 79.9. The molecule has 0 spiro atoms. The number of aliphatic hydroxyl groups is 1. The van der Waals surface area contributed by atoms with Crippen molar-refractivity contribution in [2.24, 2.45) is 0 Å². The summed E-state index contributed by atoms with van der Waals surface area (Å²) in [6, 6.07) is 4.09. The van der Waals surface area contributed by atoms with E-state index in [4.69, 9.17) is 11.6 Å². The molecular weight excluding hydrogens is 425 g/mol. The molecule has 0 saturated heterocycles. The van der Waals surface area contributed by atoms with Gasteiger partial charge in [0, 0.05) is 21.3 Å². The van der Waals surface area contributed by atoms with Crippen molar-refractivity contribution in [2.75, 3.05) is 0 Å². The summed E-state index contributed by atoms with van der Waals surface area (Å²) in [6.07, 6.45) is -1.16. The highest BCUT2D eigenvalue weighted by Crippen LogP contribution is 2.37. The summed E-state index contributed by atoms with van der Waals surface area (Å²) in [6.45, 7) is 0. The van der Waals surface area contributed by atoms with E-state index < -0.39 is 17.7 Å². The van der Waals surface area contributed by atoms with Crippen LogP contribution >= 0.6 is 54.8 Å². The van der Waals surface area contributed by atoms with Gasteiger partial charge in [-0.3, -0.25) is 0 Å². The zero-order valence-corrected chi connectivity index (χ0v) is 14.0. The van der Waals surface area contributed by atoms with Crippen LogP contribution in [-0.4, -0.2) is 5.11 Å². The Morgan fingerprint density at radius 2 is 1.95 bits per heavy atom. The molecule has 1 unspecified atom stereocenters. The first-order valence-electron chi connectivity index (χ1n) is 5.15. The lowest BCUT2D eigenvalue weighted by molar-refractivity contribution is 0.179. The number of aliphatic hydroxyl groups excluding tert-OH is 1. The monoisotopic (exact) mass is 430 g/mol. The predicted molar refractivity (Wildman–Crippen MR) is 79.8 cm³/mol. The van der Waals surface area contributed by atoms with E-state index >= 15 is 0 Å². The highest BCUT2D eigenvalue weighted by molar-refractivity contribution is 9.10. The lowest BCUT2D eigenvalue weighted by atomic mass is 10.1. The Labute approximate surface area is 134 Å². The summed E-state index contributed by atoms with van der Waals surface area (Å²) < 4.78 is 28.7. The molecule has 1 heterocycles. The smallest absolute Gasteiger partial charge is 0.143 e. The molecule has 0 aliphatic heterocycles. The van der Waals surface area contributed by atoms with Gasteiger partial charge < -0.3 is 5.11 Å². The van der Waals surface area contributed by atoms with E-state index in [0.717, 1.165) is 6.07 Å². The summed E-state index contributed by atoms with van der Waals surface area (Å²) in [5.74, 6) is -1.37. The molecule has 1 nitrogen and oxygen atoms in total. The van der Waals surface area contributed by atoms with E-state index in [9.17, 15) is 13.9 Å². The number of thiophene rings is 1. The van der Waals surface area contributed by atoms with Crippen LogP contribution in [0.4, 0.5) is 8.78 Å². The molecule has 1 atom stereocenters. The highest BCUT2D eigenvalue weighted by Gasteiger charge is 2.19. The lowest BCUT2D eigenvalue weighted by Crippen LogP contribution is -2.05. The van der Waals surface area contributed by atoms with Crippen molar-refractivity contribution >= 4 is 54.8 Å². The minimum Gasteiger partial charge on any atom is -0.387 e. The van der Waals surface area contributed by atoms with Crippen molar-refractivity contribution in [3.63, 3.8) is 0 Å². The van der Waals surface area contributed by atoms with Gasteiger partial charge in [0.2, 0.25) is 0 Å². The van der Waals surface area contributed by atoms with Gasteiger partial charge in [0.05, 0.1) is 10.6 Å². The molecule has 7 heteroatoms. The molecule has 0 saturated carbocycles. The number of halogens is 5. The van der Waals surface area contributed by atoms with Gasteiger partial charge in [-0.05, 0) is 50.1 Å². The molecule has 19 heavy (non-hydrogen) atoms. The van der Waals surface area contributed by atoms with E-state index in [1.54, 1.807) is 6.07 Å². The van der Waals surface area contributed by atoms with Crippen LogP contribution in [0.3, 0.4) is 0 Å². The second-order valence-electron chi connectivity index (χ2n) is 3.81. The maximum atomic E-state index is 13.8. The van der Waals surface area contributed by atoms with Crippen molar-refractivity contribution in [3.05, 3.63) is 53.6 Å². The zero-order valence-electron chi connectivity index (χ0n) is 9.26. The SMILES string of the molecule is OC(Cc1c(F)ccc(Br)c1F)c1cc(Br)c(Cl)s1. The van der Waals surface area contributed by atoms with Gasteiger partial charge in [-0.25, -0.2) is 8.78 Å². The Morgan fingerprint density at radius 3 is 2.53 bits per heavy atom. The molecule has 2 aromatic rings. The summed E-state index contributed by atoms with van der Waals surface area (Å²) in [5, 5.41) is 10.0. The van der Waals surface area contributed by atoms with Gasteiger partial charge in [-0.2, -0.15) is 0 Å². The van der Waals surface area contributed by atoms with Crippen molar-refractivity contribution in [1.29, 1.82) is 0 Å². The Kier molecular flexibility index (Phi) is 5.00. The molecule has 1 aromatic carbocycles. The average molecular weight is 433 g/mol. The third-order valence-corrected chi connectivity index (χ3v) is 5.72. The fourth-order valence-electron chi connectivity index (χ4n) is 1.58. The first kappa shape index (κ1) is 15.4. The molecule has 1 N–H and O–H groups in total. The fraction of sp³-hybridized carbons (Fsp3) is 0.167. The largest absolute Gasteiger partial charge is 0.387 e. The van der Waals surface area contributed by atoms with E-state index in [0.29, 0.717) is 13.7 Å². The Balaban J connectivity index is 2.28.